The monoisotopic (exact) mass is 451 g/mol. The number of esters is 1. The topological polar surface area (TPSA) is 53.9 Å². The van der Waals surface area contributed by atoms with E-state index in [9.17, 15) is 4.79 Å². The van der Waals surface area contributed by atoms with Crippen molar-refractivity contribution in [3.8, 4) is 0 Å². The smallest absolute Gasteiger partial charge is 0.308 e. The van der Waals surface area contributed by atoms with E-state index < -0.39 is 0 Å². The summed E-state index contributed by atoms with van der Waals surface area (Å²) in [5.74, 6) is 2.59. The van der Waals surface area contributed by atoms with E-state index in [1.165, 1.54) is 32.8 Å². The molecule has 24 heavy (non-hydrogen) atoms. The maximum absolute atomic E-state index is 11.6. The minimum atomic E-state index is -0.0669. The number of nitrogens with one attached hydrogen (secondary N) is 1. The van der Waals surface area contributed by atoms with Crippen LogP contribution in [0.15, 0.2) is 4.99 Å². The molecule has 2 unspecified atom stereocenters. The molecule has 1 aliphatic heterocycles. The van der Waals surface area contributed by atoms with Crippen LogP contribution < -0.4 is 5.32 Å². The van der Waals surface area contributed by atoms with Crippen molar-refractivity contribution in [1.82, 2.24) is 10.2 Å². The van der Waals surface area contributed by atoms with Gasteiger partial charge in [0, 0.05) is 26.2 Å². The van der Waals surface area contributed by atoms with E-state index in [4.69, 9.17) is 9.73 Å². The molecule has 2 rings (SSSR count). The van der Waals surface area contributed by atoms with Crippen LogP contribution >= 0.6 is 24.0 Å². The van der Waals surface area contributed by atoms with E-state index in [1.54, 1.807) is 0 Å². The molecule has 0 spiro atoms. The van der Waals surface area contributed by atoms with Gasteiger partial charge in [0.25, 0.3) is 0 Å². The average molecular weight is 451 g/mol. The van der Waals surface area contributed by atoms with Crippen LogP contribution in [0.4, 0.5) is 0 Å². The van der Waals surface area contributed by atoms with Crippen molar-refractivity contribution in [3.05, 3.63) is 0 Å². The molecule has 1 N–H and O–H groups in total. The highest BCUT2D eigenvalue weighted by Crippen LogP contribution is 2.28. The van der Waals surface area contributed by atoms with Crippen LogP contribution in [0.1, 0.15) is 52.4 Å². The molecule has 1 heterocycles. The molecule has 0 aromatic rings. The van der Waals surface area contributed by atoms with Gasteiger partial charge in [0.2, 0.25) is 0 Å². The number of hydrogen-bond acceptors (Lipinski definition) is 3. The lowest BCUT2D eigenvalue weighted by Gasteiger charge is -2.33. The van der Waals surface area contributed by atoms with E-state index in [0.29, 0.717) is 0 Å². The number of rotatable bonds is 4. The van der Waals surface area contributed by atoms with Crippen LogP contribution in [0.5, 0.6) is 0 Å². The molecule has 0 amide bonds. The van der Waals surface area contributed by atoms with E-state index in [1.807, 2.05) is 0 Å². The fourth-order valence-corrected chi connectivity index (χ4v) is 3.86. The third-order valence-corrected chi connectivity index (χ3v) is 5.21. The first-order valence-electron chi connectivity index (χ1n) is 9.25. The highest BCUT2D eigenvalue weighted by molar-refractivity contribution is 14.0. The van der Waals surface area contributed by atoms with E-state index >= 15 is 0 Å². The molecule has 1 aliphatic carbocycles. The molecule has 5 nitrogen and oxygen atoms in total. The van der Waals surface area contributed by atoms with Crippen LogP contribution in [0.25, 0.3) is 0 Å². The predicted molar refractivity (Wildman–Crippen MR) is 109 cm³/mol. The third kappa shape index (κ3) is 6.41. The van der Waals surface area contributed by atoms with Crippen LogP contribution in [-0.4, -0.2) is 50.1 Å². The van der Waals surface area contributed by atoms with Gasteiger partial charge in [-0.3, -0.25) is 9.79 Å². The Morgan fingerprint density at radius 1 is 1.25 bits per heavy atom. The van der Waals surface area contributed by atoms with Crippen LogP contribution in [0, 0.1) is 17.8 Å². The molecule has 2 atom stereocenters. The number of methoxy groups -OCH3 is 1. The Morgan fingerprint density at radius 2 is 1.96 bits per heavy atom. The van der Waals surface area contributed by atoms with Gasteiger partial charge < -0.3 is 15.0 Å². The highest BCUT2D eigenvalue weighted by Gasteiger charge is 2.27. The summed E-state index contributed by atoms with van der Waals surface area (Å²) in [6.45, 7) is 8.05. The van der Waals surface area contributed by atoms with Gasteiger partial charge in [0.05, 0.1) is 13.0 Å². The molecule has 0 aromatic heterocycles. The van der Waals surface area contributed by atoms with Crippen molar-refractivity contribution < 1.29 is 9.53 Å². The SMILES string of the molecule is CCNC(=NCC1CCCC(C)C1)N1CCC(C(=O)OC)CC1.I. The van der Waals surface area contributed by atoms with Gasteiger partial charge in [-0.25, -0.2) is 0 Å². The minimum Gasteiger partial charge on any atom is -0.469 e. The van der Waals surface area contributed by atoms with Crippen molar-refractivity contribution >= 4 is 35.9 Å². The molecule has 2 fully saturated rings. The fraction of sp³-hybridized carbons (Fsp3) is 0.889. The van der Waals surface area contributed by atoms with Gasteiger partial charge in [-0.15, -0.1) is 24.0 Å². The molecule has 140 valence electrons. The van der Waals surface area contributed by atoms with Crippen molar-refractivity contribution in [3.63, 3.8) is 0 Å². The summed E-state index contributed by atoms with van der Waals surface area (Å²) < 4.78 is 4.87. The lowest BCUT2D eigenvalue weighted by Crippen LogP contribution is -2.47. The highest BCUT2D eigenvalue weighted by atomic mass is 127. The van der Waals surface area contributed by atoms with Crippen molar-refractivity contribution in [1.29, 1.82) is 0 Å². The van der Waals surface area contributed by atoms with Gasteiger partial charge in [-0.05, 0) is 44.4 Å². The number of carbonyl (C=O) groups is 1. The van der Waals surface area contributed by atoms with E-state index in [0.717, 1.165) is 56.8 Å². The Bertz CT molecular complexity index is 409. The van der Waals surface area contributed by atoms with Gasteiger partial charge in [-0.2, -0.15) is 0 Å². The molecule has 1 saturated heterocycles. The van der Waals surface area contributed by atoms with Crippen LogP contribution in [-0.2, 0) is 9.53 Å². The summed E-state index contributed by atoms with van der Waals surface area (Å²) in [5, 5.41) is 3.42. The number of ether oxygens (including phenoxy) is 1. The van der Waals surface area contributed by atoms with Gasteiger partial charge in [-0.1, -0.05) is 19.8 Å². The summed E-state index contributed by atoms with van der Waals surface area (Å²) in [7, 11) is 1.48. The normalized spacial score (nSPS) is 25.8. The van der Waals surface area contributed by atoms with E-state index in [-0.39, 0.29) is 35.9 Å². The number of nitrogens with zero attached hydrogens (tertiary/aromatic N) is 2. The molecule has 1 saturated carbocycles. The molecule has 2 aliphatic rings. The Kier molecular flexibility index (Phi) is 10.0. The molecule has 0 bridgehead atoms. The molecular formula is C18H34IN3O2. The van der Waals surface area contributed by atoms with Crippen molar-refractivity contribution in [2.75, 3.05) is 33.3 Å². The van der Waals surface area contributed by atoms with Crippen LogP contribution in [0.3, 0.4) is 0 Å². The second-order valence-corrected chi connectivity index (χ2v) is 7.12. The molecular weight excluding hydrogens is 417 g/mol. The Hall–Kier alpha value is -0.530. The zero-order valence-electron chi connectivity index (χ0n) is 15.4. The van der Waals surface area contributed by atoms with E-state index in [2.05, 4.69) is 24.1 Å². The van der Waals surface area contributed by atoms with Gasteiger partial charge in [0.1, 0.15) is 0 Å². The van der Waals surface area contributed by atoms with Crippen LogP contribution in [0.2, 0.25) is 0 Å². The van der Waals surface area contributed by atoms with Gasteiger partial charge >= 0.3 is 5.97 Å². The average Bonchev–Trinajstić information content (AvgIpc) is 2.58. The molecule has 0 aromatic carbocycles. The first-order chi connectivity index (χ1) is 11.1. The molecule has 6 heteroatoms. The summed E-state index contributed by atoms with van der Waals surface area (Å²) in [5.41, 5.74) is 0. The summed E-state index contributed by atoms with van der Waals surface area (Å²) in [6, 6.07) is 0. The largest absolute Gasteiger partial charge is 0.469 e. The van der Waals surface area contributed by atoms with Crippen molar-refractivity contribution in [2.45, 2.75) is 52.4 Å². The third-order valence-electron chi connectivity index (χ3n) is 5.21. The Balaban J connectivity index is 0.00000288. The lowest BCUT2D eigenvalue weighted by molar-refractivity contribution is -0.146. The van der Waals surface area contributed by atoms with Crippen molar-refractivity contribution in [2.24, 2.45) is 22.7 Å². The number of piperidine rings is 1. The predicted octanol–water partition coefficient (Wildman–Crippen LogP) is 3.28. The summed E-state index contributed by atoms with van der Waals surface area (Å²) in [6.07, 6.45) is 7.07. The maximum atomic E-state index is 11.6. The number of carbonyl (C=O) groups excluding carboxylic acids is 1. The number of aliphatic imine (C=N–C) groups is 1. The Morgan fingerprint density at radius 3 is 2.54 bits per heavy atom. The first-order valence-corrected chi connectivity index (χ1v) is 9.25. The van der Waals surface area contributed by atoms with Gasteiger partial charge in [0.15, 0.2) is 5.96 Å². The standard InChI is InChI=1S/C18H33N3O2.HI/c1-4-19-18(20-13-15-7-5-6-14(2)12-15)21-10-8-16(9-11-21)17(22)23-3;/h14-16H,4-13H2,1-3H3,(H,19,20);1H. The first kappa shape index (κ1) is 21.5. The fourth-order valence-electron chi connectivity index (χ4n) is 3.86. The zero-order valence-corrected chi connectivity index (χ0v) is 17.8. The minimum absolute atomic E-state index is 0. The zero-order chi connectivity index (χ0) is 16.7. The number of guanidine groups is 1. The Labute approximate surface area is 164 Å². The number of likely N-dealkylation sites (tertiary alicyclic amines) is 1. The second-order valence-electron chi connectivity index (χ2n) is 7.12. The number of hydrogen-bond donors (Lipinski definition) is 1. The summed E-state index contributed by atoms with van der Waals surface area (Å²) >= 11 is 0. The maximum Gasteiger partial charge on any atom is 0.308 e. The second kappa shape index (κ2) is 11.2. The quantitative estimate of drug-likeness (QED) is 0.309. The molecule has 0 radical (unpaired) electrons. The summed E-state index contributed by atoms with van der Waals surface area (Å²) in [4.78, 5) is 18.8. The number of halogens is 1. The lowest BCUT2D eigenvalue weighted by atomic mass is 9.82.